The van der Waals surface area contributed by atoms with E-state index >= 15 is 0 Å². The summed E-state index contributed by atoms with van der Waals surface area (Å²) in [5, 5.41) is 0. The molecule has 0 saturated carbocycles. The number of thiocarbonyl (C=S) groups is 1. The van der Waals surface area contributed by atoms with Crippen LogP contribution in [0.2, 0.25) is 0 Å². The van der Waals surface area contributed by atoms with Gasteiger partial charge in [-0.05, 0) is 49.8 Å². The van der Waals surface area contributed by atoms with Crippen LogP contribution in [-0.4, -0.2) is 28.3 Å². The van der Waals surface area contributed by atoms with E-state index in [0.29, 0.717) is 20.5 Å². The number of amides is 1. The van der Waals surface area contributed by atoms with Gasteiger partial charge in [0.05, 0.1) is 12.0 Å². The number of methoxy groups -OCH3 is 1. The van der Waals surface area contributed by atoms with Gasteiger partial charge in [0, 0.05) is 17.7 Å². The molecule has 8 heteroatoms. The molecule has 0 N–H and O–H groups in total. The maximum absolute atomic E-state index is 13.8. The van der Waals surface area contributed by atoms with Gasteiger partial charge in [-0.25, -0.2) is 8.78 Å². The number of carbonyl (C=O) groups excluding carboxylic acids is 1. The summed E-state index contributed by atoms with van der Waals surface area (Å²) in [4.78, 5) is 14.7. The lowest BCUT2D eigenvalue weighted by molar-refractivity contribution is -0.123. The van der Waals surface area contributed by atoms with Gasteiger partial charge in [0.1, 0.15) is 22.5 Å². The Morgan fingerprint density at radius 3 is 2.52 bits per heavy atom. The molecule has 0 radical (unpaired) electrons. The first-order valence-electron chi connectivity index (χ1n) is 8.82. The largest absolute Gasteiger partial charge is 0.496 e. The molecule has 0 aliphatic carbocycles. The number of benzene rings is 2. The minimum atomic E-state index is -0.780. The Hall–Kier alpha value is -2.45. The number of thioether (sulfide) groups is 1. The third-order valence-electron chi connectivity index (χ3n) is 4.22. The van der Waals surface area contributed by atoms with Crippen LogP contribution >= 0.6 is 24.0 Å². The number of hydrogen-bond donors (Lipinski definition) is 0. The molecule has 0 aromatic heterocycles. The van der Waals surface area contributed by atoms with Gasteiger partial charge in [-0.15, -0.1) is 0 Å². The Morgan fingerprint density at radius 2 is 1.90 bits per heavy atom. The van der Waals surface area contributed by atoms with Gasteiger partial charge >= 0.3 is 0 Å². The first-order chi connectivity index (χ1) is 13.8. The molecule has 0 atom stereocenters. The smallest absolute Gasteiger partial charge is 0.266 e. The highest BCUT2D eigenvalue weighted by molar-refractivity contribution is 8.26. The Bertz CT molecular complexity index is 992. The fourth-order valence-electron chi connectivity index (χ4n) is 2.83. The zero-order valence-corrected chi connectivity index (χ0v) is 17.7. The third kappa shape index (κ3) is 4.76. The molecule has 0 unspecified atom stereocenters. The van der Waals surface area contributed by atoms with Crippen LogP contribution in [0.3, 0.4) is 0 Å². The van der Waals surface area contributed by atoms with Crippen molar-refractivity contribution in [2.75, 3.05) is 7.11 Å². The molecule has 29 heavy (non-hydrogen) atoms. The summed E-state index contributed by atoms with van der Waals surface area (Å²) in [6.07, 6.45) is 1.75. The van der Waals surface area contributed by atoms with Crippen LogP contribution in [0, 0.1) is 11.6 Å². The third-order valence-corrected chi connectivity index (χ3v) is 5.55. The molecule has 1 amide bonds. The van der Waals surface area contributed by atoms with E-state index in [2.05, 4.69) is 0 Å². The van der Waals surface area contributed by atoms with Crippen molar-refractivity contribution in [2.24, 2.45) is 0 Å². The topological polar surface area (TPSA) is 38.8 Å². The molecule has 4 nitrogen and oxygen atoms in total. The van der Waals surface area contributed by atoms with Gasteiger partial charge < -0.3 is 9.47 Å². The summed E-state index contributed by atoms with van der Waals surface area (Å²) in [5.74, 6) is -1.08. The number of halogens is 2. The lowest BCUT2D eigenvalue weighted by Gasteiger charge is -2.18. The minimum Gasteiger partial charge on any atom is -0.496 e. The molecule has 1 aliphatic rings. The van der Waals surface area contributed by atoms with Crippen molar-refractivity contribution in [3.05, 3.63) is 64.1 Å². The molecule has 1 heterocycles. The van der Waals surface area contributed by atoms with Crippen molar-refractivity contribution >= 4 is 40.3 Å². The maximum atomic E-state index is 13.8. The summed E-state index contributed by atoms with van der Waals surface area (Å²) >= 11 is 6.55. The minimum absolute atomic E-state index is 0.0142. The molecule has 2 aromatic carbocycles. The molecular formula is C21H19F2NO3S2. The number of ether oxygens (including phenoxy) is 2. The number of nitrogens with zero attached hydrogens (tertiary/aromatic N) is 1. The average molecular weight is 436 g/mol. The Balaban J connectivity index is 1.84. The van der Waals surface area contributed by atoms with E-state index in [1.165, 1.54) is 24.9 Å². The number of rotatable bonds is 6. The van der Waals surface area contributed by atoms with Crippen LogP contribution in [0.5, 0.6) is 11.5 Å². The van der Waals surface area contributed by atoms with Gasteiger partial charge in [-0.1, -0.05) is 30.0 Å². The van der Waals surface area contributed by atoms with Gasteiger partial charge in [0.25, 0.3) is 5.91 Å². The van der Waals surface area contributed by atoms with Crippen molar-refractivity contribution in [1.82, 2.24) is 4.90 Å². The van der Waals surface area contributed by atoms with E-state index in [1.807, 2.05) is 19.9 Å². The molecule has 1 fully saturated rings. The summed E-state index contributed by atoms with van der Waals surface area (Å²) in [7, 11) is 1.52. The molecule has 3 rings (SSSR count). The second-order valence-corrected chi connectivity index (χ2v) is 8.26. The fraction of sp³-hybridized carbons (Fsp3) is 0.238. The predicted molar refractivity (Wildman–Crippen MR) is 114 cm³/mol. The van der Waals surface area contributed by atoms with Crippen LogP contribution in [0.25, 0.3) is 6.08 Å². The van der Waals surface area contributed by atoms with E-state index in [0.717, 1.165) is 17.7 Å². The maximum Gasteiger partial charge on any atom is 0.266 e. The monoisotopic (exact) mass is 435 g/mol. The first kappa shape index (κ1) is 21.3. The second-order valence-electron chi connectivity index (χ2n) is 6.58. The van der Waals surface area contributed by atoms with Crippen LogP contribution in [0.1, 0.15) is 25.0 Å². The van der Waals surface area contributed by atoms with E-state index in [-0.39, 0.29) is 24.3 Å². The quantitative estimate of drug-likeness (QED) is 0.463. The van der Waals surface area contributed by atoms with E-state index in [9.17, 15) is 13.6 Å². The van der Waals surface area contributed by atoms with Crippen molar-refractivity contribution in [2.45, 2.75) is 26.5 Å². The Kier molecular flexibility index (Phi) is 6.54. The molecule has 0 spiro atoms. The fourth-order valence-corrected chi connectivity index (χ4v) is 4.35. The van der Waals surface area contributed by atoms with Crippen molar-refractivity contribution in [3.63, 3.8) is 0 Å². The molecular weight excluding hydrogens is 416 g/mol. The van der Waals surface area contributed by atoms with E-state index in [1.54, 1.807) is 23.1 Å². The van der Waals surface area contributed by atoms with Crippen molar-refractivity contribution in [1.29, 1.82) is 0 Å². The highest BCUT2D eigenvalue weighted by Crippen LogP contribution is 2.34. The highest BCUT2D eigenvalue weighted by Gasteiger charge is 2.33. The zero-order chi connectivity index (χ0) is 21.1. The summed E-state index contributed by atoms with van der Waals surface area (Å²) in [6, 6.07) is 8.46. The van der Waals surface area contributed by atoms with Crippen molar-refractivity contribution < 1.29 is 23.0 Å². The van der Waals surface area contributed by atoms with Gasteiger partial charge in [0.2, 0.25) is 0 Å². The SMILES string of the molecule is COc1ccc(C=C2SC(=S)N(C(C)C)C2=O)cc1COc1ccc(F)cc1F. The summed E-state index contributed by atoms with van der Waals surface area (Å²) < 4.78 is 38.2. The predicted octanol–water partition coefficient (Wildman–Crippen LogP) is 5.16. The lowest BCUT2D eigenvalue weighted by Crippen LogP contribution is -2.34. The summed E-state index contributed by atoms with van der Waals surface area (Å²) in [6.45, 7) is 3.83. The zero-order valence-electron chi connectivity index (χ0n) is 16.1. The van der Waals surface area contributed by atoms with Crippen LogP contribution < -0.4 is 9.47 Å². The number of hydrogen-bond acceptors (Lipinski definition) is 5. The van der Waals surface area contributed by atoms with E-state index in [4.69, 9.17) is 21.7 Å². The normalized spacial score (nSPS) is 15.5. The average Bonchev–Trinajstić information content (AvgIpc) is 2.94. The second kappa shape index (κ2) is 8.92. The van der Waals surface area contributed by atoms with E-state index < -0.39 is 11.6 Å². The lowest BCUT2D eigenvalue weighted by atomic mass is 10.1. The molecule has 1 saturated heterocycles. The van der Waals surface area contributed by atoms with Crippen LogP contribution in [-0.2, 0) is 11.4 Å². The van der Waals surface area contributed by atoms with Crippen LogP contribution in [0.4, 0.5) is 8.78 Å². The molecule has 1 aliphatic heterocycles. The molecule has 2 aromatic rings. The summed E-state index contributed by atoms with van der Waals surface area (Å²) in [5.41, 5.74) is 1.41. The molecule has 152 valence electrons. The van der Waals surface area contributed by atoms with Gasteiger partial charge in [0.15, 0.2) is 11.6 Å². The molecule has 0 bridgehead atoms. The standard InChI is InChI=1S/C21H19F2NO3S2/c1-12(2)24-20(25)19(29-21(24)28)9-13-4-6-17(26-3)14(8-13)11-27-18-7-5-15(22)10-16(18)23/h4-10,12H,11H2,1-3H3. The Labute approximate surface area is 177 Å². The Morgan fingerprint density at radius 1 is 1.17 bits per heavy atom. The van der Waals surface area contributed by atoms with Crippen molar-refractivity contribution in [3.8, 4) is 11.5 Å². The van der Waals surface area contributed by atoms with Gasteiger partial charge in [-0.3, -0.25) is 9.69 Å². The van der Waals surface area contributed by atoms with Crippen LogP contribution in [0.15, 0.2) is 41.3 Å². The van der Waals surface area contributed by atoms with Gasteiger partial charge in [-0.2, -0.15) is 0 Å². The first-order valence-corrected chi connectivity index (χ1v) is 10.0. The number of carbonyl (C=O) groups is 1. The highest BCUT2D eigenvalue weighted by atomic mass is 32.2.